The zero-order valence-electron chi connectivity index (χ0n) is 15.8. The third-order valence-corrected chi connectivity index (χ3v) is 6.63. The van der Waals surface area contributed by atoms with Gasteiger partial charge >= 0.3 is 0 Å². The second kappa shape index (κ2) is 7.91. The van der Waals surface area contributed by atoms with Gasteiger partial charge in [0.2, 0.25) is 5.91 Å². The van der Waals surface area contributed by atoms with Crippen LogP contribution in [0.2, 0.25) is 0 Å². The smallest absolute Gasteiger partial charge is 0.229 e. The summed E-state index contributed by atoms with van der Waals surface area (Å²) in [5, 5.41) is 0. The molecule has 1 atom stereocenters. The molecule has 0 N–H and O–H groups in total. The Bertz CT molecular complexity index is 634. The number of rotatable bonds is 4. The van der Waals surface area contributed by atoms with E-state index < -0.39 is 0 Å². The highest BCUT2D eigenvalue weighted by atomic mass is 16.2. The lowest BCUT2D eigenvalue weighted by molar-refractivity contribution is -0.150. The van der Waals surface area contributed by atoms with Crippen molar-refractivity contribution in [1.82, 2.24) is 14.8 Å². The molecule has 1 amide bonds. The Balaban J connectivity index is 1.34. The summed E-state index contributed by atoms with van der Waals surface area (Å²) in [5.41, 5.74) is 1.05. The molecule has 0 unspecified atom stereocenters. The Hall–Kier alpha value is -1.68. The topological polar surface area (TPSA) is 36.4 Å². The summed E-state index contributed by atoms with van der Waals surface area (Å²) in [4.78, 5) is 22.2. The van der Waals surface area contributed by atoms with Gasteiger partial charge < -0.3 is 9.80 Å². The number of carbonyl (C=O) groups is 1. The van der Waals surface area contributed by atoms with Crippen molar-refractivity contribution in [2.45, 2.75) is 51.5 Å². The summed E-state index contributed by atoms with van der Waals surface area (Å²) in [6.07, 6.45) is 16.4. The van der Waals surface area contributed by atoms with Gasteiger partial charge in [-0.25, -0.2) is 0 Å². The predicted octanol–water partition coefficient (Wildman–Crippen LogP) is 3.64. The van der Waals surface area contributed by atoms with Gasteiger partial charge in [0.15, 0.2) is 0 Å². The van der Waals surface area contributed by atoms with Crippen molar-refractivity contribution < 1.29 is 4.79 Å². The monoisotopic (exact) mass is 353 g/mol. The maximum atomic E-state index is 13.3. The van der Waals surface area contributed by atoms with Crippen molar-refractivity contribution in [3.05, 3.63) is 42.2 Å². The van der Waals surface area contributed by atoms with Crippen LogP contribution < -0.4 is 0 Å². The van der Waals surface area contributed by atoms with Crippen LogP contribution in [0.3, 0.4) is 0 Å². The van der Waals surface area contributed by atoms with Gasteiger partial charge in [0.25, 0.3) is 0 Å². The van der Waals surface area contributed by atoms with Gasteiger partial charge in [-0.2, -0.15) is 0 Å². The highest BCUT2D eigenvalue weighted by Gasteiger charge is 2.45. The number of pyridine rings is 1. The predicted molar refractivity (Wildman–Crippen MR) is 103 cm³/mol. The number of hydrogen-bond acceptors (Lipinski definition) is 3. The fraction of sp³-hybridized carbons (Fsp3) is 0.636. The van der Waals surface area contributed by atoms with E-state index in [1.807, 2.05) is 12.3 Å². The minimum Gasteiger partial charge on any atom is -0.338 e. The molecule has 4 rings (SSSR count). The molecule has 2 aliphatic heterocycles. The molecular weight excluding hydrogens is 322 g/mol. The van der Waals surface area contributed by atoms with E-state index in [9.17, 15) is 4.79 Å². The minimum absolute atomic E-state index is 0.0938. The summed E-state index contributed by atoms with van der Waals surface area (Å²) in [5.74, 6) is 1.21. The van der Waals surface area contributed by atoms with Crippen LogP contribution in [0.25, 0.3) is 0 Å². The van der Waals surface area contributed by atoms with Crippen LogP contribution >= 0.6 is 0 Å². The normalized spacial score (nSPS) is 26.4. The Kier molecular flexibility index (Phi) is 5.39. The number of piperidine rings is 2. The number of likely N-dealkylation sites (tertiary alicyclic amines) is 2. The fourth-order valence-corrected chi connectivity index (χ4v) is 5.03. The van der Waals surface area contributed by atoms with Crippen LogP contribution in [0.4, 0.5) is 0 Å². The Labute approximate surface area is 157 Å². The molecule has 0 bridgehead atoms. The van der Waals surface area contributed by atoms with Crippen molar-refractivity contribution in [2.75, 3.05) is 26.2 Å². The van der Waals surface area contributed by atoms with E-state index in [2.05, 4.69) is 33.0 Å². The van der Waals surface area contributed by atoms with Gasteiger partial charge in [0.1, 0.15) is 0 Å². The van der Waals surface area contributed by atoms with Crippen LogP contribution in [-0.4, -0.2) is 46.9 Å². The Morgan fingerprint density at radius 1 is 1.15 bits per heavy atom. The van der Waals surface area contributed by atoms with Gasteiger partial charge in [0, 0.05) is 32.0 Å². The summed E-state index contributed by atoms with van der Waals surface area (Å²) >= 11 is 0. The second-order valence-corrected chi connectivity index (χ2v) is 8.42. The average Bonchev–Trinajstić information content (AvgIpc) is 2.69. The molecule has 1 aliphatic carbocycles. The zero-order valence-corrected chi connectivity index (χ0v) is 15.8. The van der Waals surface area contributed by atoms with E-state index >= 15 is 0 Å². The molecule has 140 valence electrons. The maximum Gasteiger partial charge on any atom is 0.229 e. The van der Waals surface area contributed by atoms with E-state index in [-0.39, 0.29) is 5.41 Å². The van der Waals surface area contributed by atoms with Crippen LogP contribution in [0.5, 0.6) is 0 Å². The molecule has 0 aromatic carbocycles. The summed E-state index contributed by atoms with van der Waals surface area (Å²) < 4.78 is 0. The highest BCUT2D eigenvalue weighted by molar-refractivity contribution is 5.83. The SMILES string of the molecule is O=C1N(Cc2cccnc2)CCCC12CCN(C[C@H]1CC=CCC1)CC2. The first-order chi connectivity index (χ1) is 12.8. The molecule has 4 nitrogen and oxygen atoms in total. The first kappa shape index (κ1) is 17.7. The Morgan fingerprint density at radius 3 is 2.77 bits per heavy atom. The largest absolute Gasteiger partial charge is 0.338 e. The molecule has 1 aromatic rings. The van der Waals surface area contributed by atoms with Gasteiger partial charge in [-0.1, -0.05) is 18.2 Å². The number of carbonyl (C=O) groups excluding carboxylic acids is 1. The lowest BCUT2D eigenvalue weighted by Gasteiger charge is -2.47. The van der Waals surface area contributed by atoms with Crippen LogP contribution in [0, 0.1) is 11.3 Å². The lowest BCUT2D eigenvalue weighted by atomic mass is 9.71. The Morgan fingerprint density at radius 2 is 2.04 bits per heavy atom. The first-order valence-corrected chi connectivity index (χ1v) is 10.3. The van der Waals surface area contributed by atoms with Crippen molar-refractivity contribution in [3.63, 3.8) is 0 Å². The first-order valence-electron chi connectivity index (χ1n) is 10.3. The average molecular weight is 354 g/mol. The summed E-state index contributed by atoms with van der Waals surface area (Å²) in [7, 11) is 0. The van der Waals surface area contributed by atoms with E-state index in [0.29, 0.717) is 12.5 Å². The maximum absolute atomic E-state index is 13.3. The van der Waals surface area contributed by atoms with Crippen molar-refractivity contribution in [3.8, 4) is 0 Å². The third-order valence-electron chi connectivity index (χ3n) is 6.63. The fourth-order valence-electron chi connectivity index (χ4n) is 5.03. The van der Waals surface area contributed by atoms with Crippen LogP contribution in [0.15, 0.2) is 36.7 Å². The van der Waals surface area contributed by atoms with E-state index in [0.717, 1.165) is 56.8 Å². The summed E-state index contributed by atoms with van der Waals surface area (Å²) in [6, 6.07) is 4.03. The third kappa shape index (κ3) is 3.85. The quantitative estimate of drug-likeness (QED) is 0.776. The molecule has 0 radical (unpaired) electrons. The van der Waals surface area contributed by atoms with Crippen molar-refractivity contribution >= 4 is 5.91 Å². The van der Waals surface area contributed by atoms with Gasteiger partial charge in [-0.15, -0.1) is 0 Å². The molecule has 1 aromatic heterocycles. The zero-order chi connectivity index (χ0) is 17.8. The molecule has 3 heterocycles. The van der Waals surface area contributed by atoms with Crippen LogP contribution in [0.1, 0.15) is 50.5 Å². The van der Waals surface area contributed by atoms with Gasteiger partial charge in [0.05, 0.1) is 5.41 Å². The van der Waals surface area contributed by atoms with Crippen molar-refractivity contribution in [2.24, 2.45) is 11.3 Å². The summed E-state index contributed by atoms with van der Waals surface area (Å²) in [6.45, 7) is 5.01. The lowest BCUT2D eigenvalue weighted by Crippen LogP contribution is -2.53. The van der Waals surface area contributed by atoms with E-state index in [4.69, 9.17) is 0 Å². The number of allylic oxidation sites excluding steroid dienone is 2. The van der Waals surface area contributed by atoms with E-state index in [1.54, 1.807) is 6.20 Å². The molecule has 0 saturated carbocycles. The molecular formula is C22H31N3O. The second-order valence-electron chi connectivity index (χ2n) is 8.42. The number of hydrogen-bond donors (Lipinski definition) is 0. The molecule has 26 heavy (non-hydrogen) atoms. The van der Waals surface area contributed by atoms with Crippen molar-refractivity contribution in [1.29, 1.82) is 0 Å². The van der Waals surface area contributed by atoms with E-state index in [1.165, 1.54) is 25.8 Å². The molecule has 1 spiro atoms. The number of aromatic nitrogens is 1. The molecule has 4 heteroatoms. The molecule has 3 aliphatic rings. The minimum atomic E-state index is -0.0938. The van der Waals surface area contributed by atoms with Gasteiger partial charge in [-0.3, -0.25) is 9.78 Å². The van der Waals surface area contributed by atoms with Gasteiger partial charge in [-0.05, 0) is 75.6 Å². The highest BCUT2D eigenvalue weighted by Crippen LogP contribution is 2.41. The number of amides is 1. The molecule has 2 saturated heterocycles. The standard InChI is InChI=1S/C22H31N3O/c26-21-22(9-5-13-25(21)18-20-8-4-12-23-16-20)10-14-24(15-11-22)17-19-6-2-1-3-7-19/h1-2,4,8,12,16,19H,3,5-7,9-11,13-15,17-18H2/t19-/m0/s1. The molecule has 2 fully saturated rings. The van der Waals surface area contributed by atoms with Crippen LogP contribution in [-0.2, 0) is 11.3 Å². The number of nitrogens with zero attached hydrogens (tertiary/aromatic N) is 3.